The van der Waals surface area contributed by atoms with Gasteiger partial charge in [-0.1, -0.05) is 6.92 Å². The van der Waals surface area contributed by atoms with E-state index in [2.05, 4.69) is 11.8 Å². The van der Waals surface area contributed by atoms with Crippen LogP contribution in [0.15, 0.2) is 0 Å². The molecule has 0 spiro atoms. The van der Waals surface area contributed by atoms with Crippen molar-refractivity contribution >= 4 is 0 Å². The van der Waals surface area contributed by atoms with Crippen LogP contribution in [-0.4, -0.2) is 43.4 Å². The van der Waals surface area contributed by atoms with Crippen molar-refractivity contribution in [2.24, 2.45) is 5.92 Å². The fourth-order valence-corrected chi connectivity index (χ4v) is 2.46. The Balaban J connectivity index is 1.87. The van der Waals surface area contributed by atoms with Crippen molar-refractivity contribution < 1.29 is 9.13 Å². The maximum absolute atomic E-state index is 13.6. The predicted octanol–water partition coefficient (Wildman–Crippen LogP) is 1.85. The van der Waals surface area contributed by atoms with E-state index in [1.165, 1.54) is 12.8 Å². The van der Waals surface area contributed by atoms with Crippen molar-refractivity contribution in [3.8, 4) is 0 Å². The fraction of sp³-hybridized carbons (Fsp3) is 1.00. The fourth-order valence-electron chi connectivity index (χ4n) is 2.46. The van der Waals surface area contributed by atoms with E-state index >= 15 is 0 Å². The number of alkyl halides is 1. The lowest BCUT2D eigenvalue weighted by molar-refractivity contribution is -0.0357. The number of rotatable bonds is 1. The molecule has 2 atom stereocenters. The second-order valence-corrected chi connectivity index (χ2v) is 4.67. The summed E-state index contributed by atoms with van der Waals surface area (Å²) < 4.78 is 18.7. The molecule has 2 aliphatic rings. The maximum atomic E-state index is 13.6. The number of piperidine rings is 1. The first-order valence-corrected chi connectivity index (χ1v) is 5.73. The molecule has 2 heterocycles. The van der Waals surface area contributed by atoms with Gasteiger partial charge in [-0.05, 0) is 38.3 Å². The van der Waals surface area contributed by atoms with Gasteiger partial charge >= 0.3 is 0 Å². The summed E-state index contributed by atoms with van der Waals surface area (Å²) >= 11 is 0. The highest BCUT2D eigenvalue weighted by Crippen LogP contribution is 2.24. The van der Waals surface area contributed by atoms with E-state index in [-0.39, 0.29) is 6.04 Å². The van der Waals surface area contributed by atoms with Gasteiger partial charge in [0.1, 0.15) is 6.17 Å². The van der Waals surface area contributed by atoms with E-state index in [4.69, 9.17) is 4.74 Å². The van der Waals surface area contributed by atoms with Crippen molar-refractivity contribution in [1.82, 2.24) is 4.90 Å². The summed E-state index contributed by atoms with van der Waals surface area (Å²) in [6.45, 7) is 5.47. The molecule has 0 saturated carbocycles. The average molecular weight is 201 g/mol. The van der Waals surface area contributed by atoms with Gasteiger partial charge in [0.2, 0.25) is 0 Å². The van der Waals surface area contributed by atoms with Crippen LogP contribution < -0.4 is 0 Å². The molecule has 2 unspecified atom stereocenters. The Kier molecular flexibility index (Phi) is 3.39. The molecule has 0 aromatic heterocycles. The quantitative estimate of drug-likeness (QED) is 0.642. The third-order valence-electron chi connectivity index (χ3n) is 3.54. The molecule has 0 bridgehead atoms. The van der Waals surface area contributed by atoms with Crippen LogP contribution in [0.1, 0.15) is 26.2 Å². The average Bonchev–Trinajstić information content (AvgIpc) is 2.20. The van der Waals surface area contributed by atoms with Gasteiger partial charge in [0.15, 0.2) is 0 Å². The number of nitrogens with zero attached hydrogens (tertiary/aromatic N) is 1. The van der Waals surface area contributed by atoms with E-state index in [9.17, 15) is 4.39 Å². The molecule has 14 heavy (non-hydrogen) atoms. The van der Waals surface area contributed by atoms with E-state index in [0.717, 1.165) is 32.0 Å². The molecular weight excluding hydrogens is 181 g/mol. The summed E-state index contributed by atoms with van der Waals surface area (Å²) in [4.78, 5) is 2.33. The van der Waals surface area contributed by atoms with Crippen LogP contribution in [0.5, 0.6) is 0 Å². The third kappa shape index (κ3) is 2.26. The molecule has 0 N–H and O–H groups in total. The van der Waals surface area contributed by atoms with Crippen molar-refractivity contribution in [1.29, 1.82) is 0 Å². The van der Waals surface area contributed by atoms with Gasteiger partial charge in [-0.25, -0.2) is 4.39 Å². The number of ether oxygens (including phenoxy) is 1. The Morgan fingerprint density at radius 2 is 1.93 bits per heavy atom. The zero-order valence-electron chi connectivity index (χ0n) is 8.92. The van der Waals surface area contributed by atoms with Crippen molar-refractivity contribution in [3.63, 3.8) is 0 Å². The normalized spacial score (nSPS) is 37.3. The highest BCUT2D eigenvalue weighted by atomic mass is 19.1. The number of hydrogen-bond donors (Lipinski definition) is 0. The predicted molar refractivity (Wildman–Crippen MR) is 54.1 cm³/mol. The van der Waals surface area contributed by atoms with Crippen molar-refractivity contribution in [3.05, 3.63) is 0 Å². The first kappa shape index (κ1) is 10.4. The lowest BCUT2D eigenvalue weighted by atomic mass is 9.95. The Morgan fingerprint density at radius 1 is 1.21 bits per heavy atom. The molecule has 82 valence electrons. The topological polar surface area (TPSA) is 12.5 Å². The summed E-state index contributed by atoms with van der Waals surface area (Å²) in [6, 6.07) is 0.135. The summed E-state index contributed by atoms with van der Waals surface area (Å²) in [5.74, 6) is 0.823. The molecule has 2 fully saturated rings. The molecule has 2 nitrogen and oxygen atoms in total. The summed E-state index contributed by atoms with van der Waals surface area (Å²) in [7, 11) is 0. The largest absolute Gasteiger partial charge is 0.378 e. The van der Waals surface area contributed by atoms with E-state index in [1.54, 1.807) is 0 Å². The van der Waals surface area contributed by atoms with Crippen LogP contribution in [0, 0.1) is 5.92 Å². The smallest absolute Gasteiger partial charge is 0.139 e. The Morgan fingerprint density at radius 3 is 2.57 bits per heavy atom. The molecule has 3 heteroatoms. The minimum atomic E-state index is -0.767. The van der Waals surface area contributed by atoms with Crippen LogP contribution in [0.2, 0.25) is 0 Å². The summed E-state index contributed by atoms with van der Waals surface area (Å²) in [5, 5.41) is 0. The van der Waals surface area contributed by atoms with Crippen LogP contribution in [0.4, 0.5) is 4.39 Å². The van der Waals surface area contributed by atoms with Crippen LogP contribution in [0.3, 0.4) is 0 Å². The second kappa shape index (κ2) is 4.58. The second-order valence-electron chi connectivity index (χ2n) is 4.67. The van der Waals surface area contributed by atoms with Crippen molar-refractivity contribution in [2.45, 2.75) is 38.4 Å². The molecule has 0 amide bonds. The number of halogens is 1. The number of hydrogen-bond acceptors (Lipinski definition) is 2. The molecule has 2 aliphatic heterocycles. The molecule has 0 aliphatic carbocycles. The Bertz CT molecular complexity index is 180. The minimum Gasteiger partial charge on any atom is -0.378 e. The first-order valence-electron chi connectivity index (χ1n) is 5.73. The zero-order valence-corrected chi connectivity index (χ0v) is 8.92. The number of likely N-dealkylation sites (tertiary alicyclic amines) is 1. The minimum absolute atomic E-state index is 0.135. The van der Waals surface area contributed by atoms with Crippen molar-refractivity contribution in [2.75, 3.05) is 26.3 Å². The Hall–Kier alpha value is -0.150. The third-order valence-corrected chi connectivity index (χ3v) is 3.54. The molecule has 0 radical (unpaired) electrons. The molecule has 2 saturated heterocycles. The lowest BCUT2D eigenvalue weighted by Gasteiger charge is -2.40. The van der Waals surface area contributed by atoms with Gasteiger partial charge in [-0.15, -0.1) is 0 Å². The highest BCUT2D eigenvalue weighted by Gasteiger charge is 2.32. The summed E-state index contributed by atoms with van der Waals surface area (Å²) in [6.07, 6.45) is 2.56. The molecule has 0 aromatic rings. The van der Waals surface area contributed by atoms with E-state index in [0.29, 0.717) is 6.61 Å². The van der Waals surface area contributed by atoms with Gasteiger partial charge in [-0.2, -0.15) is 0 Å². The van der Waals surface area contributed by atoms with Crippen LogP contribution in [-0.2, 0) is 4.74 Å². The van der Waals surface area contributed by atoms with E-state index < -0.39 is 6.17 Å². The zero-order chi connectivity index (χ0) is 9.97. The monoisotopic (exact) mass is 201 g/mol. The standard InChI is InChI=1S/C11H20FNO/c1-9-2-5-13(6-3-9)11-4-7-14-8-10(11)12/h9-11H,2-8H2,1H3. The van der Waals surface area contributed by atoms with Crippen LogP contribution >= 0.6 is 0 Å². The van der Waals surface area contributed by atoms with Gasteiger partial charge in [0.25, 0.3) is 0 Å². The van der Waals surface area contributed by atoms with E-state index in [1.807, 2.05) is 0 Å². The lowest BCUT2D eigenvalue weighted by Crippen LogP contribution is -2.49. The van der Waals surface area contributed by atoms with Crippen LogP contribution in [0.25, 0.3) is 0 Å². The maximum Gasteiger partial charge on any atom is 0.139 e. The molecule has 0 aromatic carbocycles. The first-order chi connectivity index (χ1) is 6.77. The summed E-state index contributed by atoms with van der Waals surface area (Å²) in [5.41, 5.74) is 0. The highest BCUT2D eigenvalue weighted by molar-refractivity contribution is 4.84. The Labute approximate surface area is 85.4 Å². The van der Waals surface area contributed by atoms with Gasteiger partial charge < -0.3 is 4.74 Å². The van der Waals surface area contributed by atoms with Gasteiger partial charge in [0.05, 0.1) is 6.61 Å². The molecule has 2 rings (SSSR count). The van der Waals surface area contributed by atoms with Gasteiger partial charge in [-0.3, -0.25) is 4.90 Å². The van der Waals surface area contributed by atoms with Gasteiger partial charge in [0, 0.05) is 12.6 Å². The SMILES string of the molecule is CC1CCN(C2CCOCC2F)CC1. The molecular formula is C11H20FNO.